The number of rotatable bonds is 3. The van der Waals surface area contributed by atoms with Crippen molar-refractivity contribution in [3.63, 3.8) is 0 Å². The Labute approximate surface area is 110 Å². The fourth-order valence-electron chi connectivity index (χ4n) is 1.59. The maximum atomic E-state index is 13.4. The Hall–Kier alpha value is -2.43. The summed E-state index contributed by atoms with van der Waals surface area (Å²) in [4.78, 5) is 17.3. The molecule has 0 amide bonds. The average Bonchev–Trinajstić information content (AvgIpc) is 2.41. The van der Waals surface area contributed by atoms with Crippen LogP contribution in [0.15, 0.2) is 36.5 Å². The first kappa shape index (κ1) is 13.0. The van der Waals surface area contributed by atoms with E-state index in [4.69, 9.17) is 4.74 Å². The molecule has 0 bridgehead atoms. The molecule has 0 aliphatic carbocycles. The van der Waals surface area contributed by atoms with Crippen molar-refractivity contribution in [2.24, 2.45) is 0 Å². The molecule has 2 aromatic rings. The summed E-state index contributed by atoms with van der Waals surface area (Å²) < 4.78 is 18.4. The third kappa shape index (κ3) is 2.88. The third-order valence-electron chi connectivity index (χ3n) is 2.49. The molecule has 4 nitrogen and oxygen atoms in total. The Morgan fingerprint density at radius 3 is 2.79 bits per heavy atom. The number of nitrogens with zero attached hydrogens (tertiary/aromatic N) is 2. The quantitative estimate of drug-likeness (QED) is 0.793. The topological polar surface area (TPSA) is 42.4 Å². The number of esters is 1. The Balaban J connectivity index is 2.29. The van der Waals surface area contributed by atoms with Crippen LogP contribution in [0.1, 0.15) is 10.4 Å². The van der Waals surface area contributed by atoms with E-state index in [-0.39, 0.29) is 5.75 Å². The molecule has 0 atom stereocenters. The highest BCUT2D eigenvalue weighted by molar-refractivity contribution is 5.97. The van der Waals surface area contributed by atoms with Crippen molar-refractivity contribution in [3.05, 3.63) is 54.1 Å². The molecule has 1 heterocycles. The van der Waals surface area contributed by atoms with E-state index in [9.17, 15) is 9.18 Å². The Bertz CT molecular complexity index is 600. The second kappa shape index (κ2) is 5.48. The van der Waals surface area contributed by atoms with Gasteiger partial charge in [0.2, 0.25) is 0 Å². The molecule has 5 heteroatoms. The summed E-state index contributed by atoms with van der Waals surface area (Å²) in [6, 6.07) is 8.13. The number of hydrogen-bond donors (Lipinski definition) is 0. The van der Waals surface area contributed by atoms with E-state index in [0.29, 0.717) is 11.3 Å². The number of para-hydroxylation sites is 1. The molecule has 0 unspecified atom stereocenters. The lowest BCUT2D eigenvalue weighted by Gasteiger charge is -2.16. The molecule has 2 rings (SSSR count). The van der Waals surface area contributed by atoms with Gasteiger partial charge in [-0.2, -0.15) is 0 Å². The van der Waals surface area contributed by atoms with Crippen LogP contribution >= 0.6 is 0 Å². The van der Waals surface area contributed by atoms with Gasteiger partial charge in [0.05, 0.1) is 23.6 Å². The van der Waals surface area contributed by atoms with E-state index in [1.54, 1.807) is 23.1 Å². The van der Waals surface area contributed by atoms with Crippen molar-refractivity contribution < 1.29 is 13.9 Å². The maximum Gasteiger partial charge on any atom is 0.345 e. The van der Waals surface area contributed by atoms with Crippen molar-refractivity contribution in [3.8, 4) is 5.75 Å². The Morgan fingerprint density at radius 1 is 1.37 bits per heavy atom. The first-order valence-electron chi connectivity index (χ1n) is 5.59. The fourth-order valence-corrected chi connectivity index (χ4v) is 1.59. The van der Waals surface area contributed by atoms with E-state index < -0.39 is 11.8 Å². The number of benzene rings is 1. The molecular formula is C14H12FN2O2. The SMILES string of the molecule is CN(C)c1ccccc1C(=O)Oc1c[c]ncc1F. The highest BCUT2D eigenvalue weighted by Crippen LogP contribution is 2.21. The van der Waals surface area contributed by atoms with E-state index in [1.165, 1.54) is 6.07 Å². The Morgan fingerprint density at radius 2 is 2.11 bits per heavy atom. The largest absolute Gasteiger partial charge is 0.420 e. The third-order valence-corrected chi connectivity index (χ3v) is 2.49. The van der Waals surface area contributed by atoms with E-state index in [2.05, 4.69) is 11.2 Å². The zero-order valence-electron chi connectivity index (χ0n) is 10.6. The van der Waals surface area contributed by atoms with E-state index in [1.807, 2.05) is 20.2 Å². The van der Waals surface area contributed by atoms with Gasteiger partial charge in [0.1, 0.15) is 0 Å². The number of carbonyl (C=O) groups excluding carboxylic acids is 1. The van der Waals surface area contributed by atoms with Crippen LogP contribution in [0.3, 0.4) is 0 Å². The maximum absolute atomic E-state index is 13.4. The fraction of sp³-hybridized carbons (Fsp3) is 0.143. The molecule has 1 aromatic heterocycles. The summed E-state index contributed by atoms with van der Waals surface area (Å²) in [5.74, 6) is -1.51. The Kier molecular flexibility index (Phi) is 3.75. The molecule has 0 saturated carbocycles. The first-order chi connectivity index (χ1) is 9.09. The van der Waals surface area contributed by atoms with Gasteiger partial charge >= 0.3 is 5.97 Å². The molecule has 1 radical (unpaired) electrons. The van der Waals surface area contributed by atoms with Gasteiger partial charge in [0.25, 0.3) is 0 Å². The predicted octanol–water partition coefficient (Wildman–Crippen LogP) is 2.31. The zero-order chi connectivity index (χ0) is 13.8. The summed E-state index contributed by atoms with van der Waals surface area (Å²) in [6.07, 6.45) is 3.36. The van der Waals surface area contributed by atoms with Crippen molar-refractivity contribution in [1.29, 1.82) is 0 Å². The predicted molar refractivity (Wildman–Crippen MR) is 68.8 cm³/mol. The molecular weight excluding hydrogens is 247 g/mol. The van der Waals surface area contributed by atoms with Gasteiger partial charge < -0.3 is 9.64 Å². The van der Waals surface area contributed by atoms with Crippen molar-refractivity contribution in [2.75, 3.05) is 19.0 Å². The van der Waals surface area contributed by atoms with Crippen molar-refractivity contribution >= 4 is 11.7 Å². The first-order valence-corrected chi connectivity index (χ1v) is 5.59. The van der Waals surface area contributed by atoms with Gasteiger partial charge in [-0.1, -0.05) is 12.1 Å². The van der Waals surface area contributed by atoms with Crippen LogP contribution in [0, 0.1) is 12.0 Å². The molecule has 0 fully saturated rings. The van der Waals surface area contributed by atoms with Gasteiger partial charge in [-0.15, -0.1) is 0 Å². The number of pyridine rings is 1. The summed E-state index contributed by atoms with van der Waals surface area (Å²) in [5, 5.41) is 0. The molecule has 0 N–H and O–H groups in total. The van der Waals surface area contributed by atoms with Gasteiger partial charge in [-0.25, -0.2) is 9.18 Å². The molecule has 0 saturated heterocycles. The lowest BCUT2D eigenvalue weighted by atomic mass is 10.1. The number of carbonyl (C=O) groups is 1. The summed E-state index contributed by atoms with van der Waals surface area (Å²) in [6.45, 7) is 0. The molecule has 0 aliphatic heterocycles. The lowest BCUT2D eigenvalue weighted by Crippen LogP contribution is -2.17. The smallest absolute Gasteiger partial charge is 0.345 e. The second-order valence-electron chi connectivity index (χ2n) is 4.04. The van der Waals surface area contributed by atoms with Crippen LogP contribution < -0.4 is 9.64 Å². The monoisotopic (exact) mass is 259 g/mol. The highest BCUT2D eigenvalue weighted by atomic mass is 19.1. The molecule has 97 valence electrons. The molecule has 1 aromatic carbocycles. The lowest BCUT2D eigenvalue weighted by molar-refractivity contribution is 0.0728. The van der Waals surface area contributed by atoms with E-state index in [0.717, 1.165) is 6.20 Å². The highest BCUT2D eigenvalue weighted by Gasteiger charge is 2.16. The van der Waals surface area contributed by atoms with Gasteiger partial charge in [-0.3, -0.25) is 4.98 Å². The minimum atomic E-state index is -0.700. The number of anilines is 1. The normalized spacial score (nSPS) is 10.1. The standard InChI is InChI=1S/C14H12FN2O2/c1-17(2)12-6-4-3-5-10(12)14(18)19-13-7-8-16-9-11(13)15/h3-7,9H,1-2H3. The van der Waals surface area contributed by atoms with Crippen molar-refractivity contribution in [1.82, 2.24) is 4.98 Å². The second-order valence-corrected chi connectivity index (χ2v) is 4.04. The summed E-state index contributed by atoms with van der Waals surface area (Å²) in [7, 11) is 3.62. The summed E-state index contributed by atoms with van der Waals surface area (Å²) in [5.41, 5.74) is 1.06. The zero-order valence-corrected chi connectivity index (χ0v) is 10.6. The minimum Gasteiger partial charge on any atom is -0.420 e. The molecule has 19 heavy (non-hydrogen) atoms. The molecule has 0 aliphatic rings. The number of aromatic nitrogens is 1. The van der Waals surface area contributed by atoms with E-state index >= 15 is 0 Å². The average molecular weight is 259 g/mol. The van der Waals surface area contributed by atoms with Crippen LogP contribution in [-0.4, -0.2) is 25.0 Å². The minimum absolute atomic E-state index is 0.187. The number of hydrogen-bond acceptors (Lipinski definition) is 4. The van der Waals surface area contributed by atoms with Gasteiger partial charge in [-0.05, 0) is 12.1 Å². The van der Waals surface area contributed by atoms with Crippen LogP contribution in [0.4, 0.5) is 10.1 Å². The van der Waals surface area contributed by atoms with Crippen LogP contribution in [-0.2, 0) is 0 Å². The number of ether oxygens (including phenoxy) is 1. The van der Waals surface area contributed by atoms with Crippen LogP contribution in [0.5, 0.6) is 5.75 Å². The molecule has 0 spiro atoms. The van der Waals surface area contributed by atoms with Crippen LogP contribution in [0.2, 0.25) is 0 Å². The van der Waals surface area contributed by atoms with Gasteiger partial charge in [0.15, 0.2) is 11.6 Å². The number of halogens is 1. The van der Waals surface area contributed by atoms with Crippen LogP contribution in [0.25, 0.3) is 0 Å². The van der Waals surface area contributed by atoms with Gasteiger partial charge in [0, 0.05) is 20.2 Å². The van der Waals surface area contributed by atoms with Crippen molar-refractivity contribution in [2.45, 2.75) is 0 Å². The summed E-state index contributed by atoms with van der Waals surface area (Å²) >= 11 is 0.